The molecule has 0 aliphatic carbocycles. The molecule has 20 heavy (non-hydrogen) atoms. The highest BCUT2D eigenvalue weighted by Crippen LogP contribution is 2.13. The molecule has 2 aliphatic rings. The first-order chi connectivity index (χ1) is 9.67. The molecule has 0 radical (unpaired) electrons. The molecule has 0 aromatic rings. The van der Waals surface area contributed by atoms with Crippen LogP contribution in [0.2, 0.25) is 0 Å². The number of ether oxygens (including phenoxy) is 2. The Morgan fingerprint density at radius 1 is 0.900 bits per heavy atom. The number of hydrogen-bond donors (Lipinski definition) is 0. The smallest absolute Gasteiger partial charge is 0.0832 e. The first-order valence-corrected chi connectivity index (χ1v) is 7.99. The van der Waals surface area contributed by atoms with Gasteiger partial charge in [0.15, 0.2) is 0 Å². The third-order valence-electron chi connectivity index (χ3n) is 4.20. The normalized spacial score (nSPS) is 23.4. The maximum atomic E-state index is 5.79. The van der Waals surface area contributed by atoms with Crippen LogP contribution in [0.3, 0.4) is 0 Å². The van der Waals surface area contributed by atoms with E-state index in [1.807, 2.05) is 0 Å². The molecule has 2 saturated heterocycles. The van der Waals surface area contributed by atoms with Gasteiger partial charge in [0.1, 0.15) is 0 Å². The van der Waals surface area contributed by atoms with Crippen LogP contribution in [0.1, 0.15) is 13.8 Å². The molecule has 0 unspecified atom stereocenters. The highest BCUT2D eigenvalue weighted by atomic mass is 16.5. The molecule has 0 saturated carbocycles. The van der Waals surface area contributed by atoms with Crippen molar-refractivity contribution in [3.05, 3.63) is 0 Å². The van der Waals surface area contributed by atoms with Crippen molar-refractivity contribution in [3.63, 3.8) is 0 Å². The third kappa shape index (κ3) is 5.30. The van der Waals surface area contributed by atoms with Gasteiger partial charge in [0.2, 0.25) is 0 Å². The maximum Gasteiger partial charge on any atom is 0.0832 e. The summed E-state index contributed by atoms with van der Waals surface area (Å²) in [5.74, 6) is 0. The lowest BCUT2D eigenvalue weighted by atomic mass is 10.1. The Bertz CT molecular complexity index is 262. The summed E-state index contributed by atoms with van der Waals surface area (Å²) in [6.45, 7) is 15.5. The van der Waals surface area contributed by atoms with Crippen molar-refractivity contribution in [2.24, 2.45) is 0 Å². The van der Waals surface area contributed by atoms with Gasteiger partial charge in [0.05, 0.1) is 18.8 Å². The lowest BCUT2D eigenvalue weighted by Crippen LogP contribution is -2.56. The zero-order valence-corrected chi connectivity index (χ0v) is 13.4. The van der Waals surface area contributed by atoms with Crippen LogP contribution in [-0.4, -0.2) is 99.5 Å². The first-order valence-electron chi connectivity index (χ1n) is 7.99. The second kappa shape index (κ2) is 8.29. The second-order valence-electron chi connectivity index (χ2n) is 6.24. The van der Waals surface area contributed by atoms with Crippen molar-refractivity contribution in [2.75, 3.05) is 72.6 Å². The lowest BCUT2D eigenvalue weighted by molar-refractivity contribution is -0.0824. The summed E-state index contributed by atoms with van der Waals surface area (Å²) < 4.78 is 10.9. The molecule has 118 valence electrons. The van der Waals surface area contributed by atoms with Gasteiger partial charge in [-0.05, 0) is 13.8 Å². The number of likely N-dealkylation sites (tertiary alicyclic amines) is 1. The number of methoxy groups -OCH3 is 1. The van der Waals surface area contributed by atoms with Gasteiger partial charge in [-0.15, -0.1) is 0 Å². The van der Waals surface area contributed by atoms with Crippen LogP contribution in [0, 0.1) is 0 Å². The fraction of sp³-hybridized carbons (Fsp3) is 1.00. The van der Waals surface area contributed by atoms with E-state index in [-0.39, 0.29) is 0 Å². The Labute approximate surface area is 123 Å². The Morgan fingerprint density at radius 3 is 2.00 bits per heavy atom. The van der Waals surface area contributed by atoms with Gasteiger partial charge < -0.3 is 9.47 Å². The molecule has 5 nitrogen and oxygen atoms in total. The zero-order chi connectivity index (χ0) is 14.4. The molecule has 0 aromatic carbocycles. The van der Waals surface area contributed by atoms with Crippen molar-refractivity contribution in [1.29, 1.82) is 0 Å². The number of piperazine rings is 1. The van der Waals surface area contributed by atoms with Gasteiger partial charge in [-0.3, -0.25) is 14.7 Å². The van der Waals surface area contributed by atoms with Crippen LogP contribution < -0.4 is 0 Å². The quantitative estimate of drug-likeness (QED) is 0.642. The monoisotopic (exact) mass is 285 g/mol. The Morgan fingerprint density at radius 2 is 1.45 bits per heavy atom. The van der Waals surface area contributed by atoms with E-state index >= 15 is 0 Å². The maximum absolute atomic E-state index is 5.79. The van der Waals surface area contributed by atoms with Crippen LogP contribution >= 0.6 is 0 Å². The van der Waals surface area contributed by atoms with Gasteiger partial charge >= 0.3 is 0 Å². The van der Waals surface area contributed by atoms with E-state index in [1.54, 1.807) is 7.11 Å². The van der Waals surface area contributed by atoms with E-state index in [0.29, 0.717) is 12.2 Å². The van der Waals surface area contributed by atoms with Gasteiger partial charge in [0, 0.05) is 66.0 Å². The Kier molecular flexibility index (Phi) is 6.71. The average molecular weight is 285 g/mol. The molecule has 2 fully saturated rings. The summed E-state index contributed by atoms with van der Waals surface area (Å²) in [5.41, 5.74) is 0. The van der Waals surface area contributed by atoms with Crippen LogP contribution in [0.25, 0.3) is 0 Å². The van der Waals surface area contributed by atoms with E-state index in [2.05, 4.69) is 28.5 Å². The first kappa shape index (κ1) is 16.2. The van der Waals surface area contributed by atoms with Crippen molar-refractivity contribution < 1.29 is 9.47 Å². The van der Waals surface area contributed by atoms with Crippen molar-refractivity contribution in [2.45, 2.75) is 26.1 Å². The molecular weight excluding hydrogens is 254 g/mol. The van der Waals surface area contributed by atoms with Crippen LogP contribution in [0.5, 0.6) is 0 Å². The van der Waals surface area contributed by atoms with Crippen LogP contribution in [0.4, 0.5) is 0 Å². The topological polar surface area (TPSA) is 28.2 Å². The number of nitrogens with zero attached hydrogens (tertiary/aromatic N) is 3. The molecular formula is C15H31N3O2. The van der Waals surface area contributed by atoms with Crippen LogP contribution in [0.15, 0.2) is 0 Å². The highest BCUT2D eigenvalue weighted by molar-refractivity contribution is 4.82. The largest absolute Gasteiger partial charge is 0.383 e. The summed E-state index contributed by atoms with van der Waals surface area (Å²) in [6, 6.07) is 0. The summed E-state index contributed by atoms with van der Waals surface area (Å²) in [7, 11) is 1.78. The summed E-state index contributed by atoms with van der Waals surface area (Å²) in [6.07, 6.45) is 0.836. The fourth-order valence-electron chi connectivity index (χ4n) is 2.92. The van der Waals surface area contributed by atoms with E-state index in [0.717, 1.165) is 26.2 Å². The summed E-state index contributed by atoms with van der Waals surface area (Å²) in [5, 5.41) is 0. The number of rotatable bonds is 8. The molecule has 5 heteroatoms. The van der Waals surface area contributed by atoms with E-state index < -0.39 is 0 Å². The molecule has 2 rings (SSSR count). The molecule has 0 aromatic heterocycles. The minimum Gasteiger partial charge on any atom is -0.383 e. The molecule has 0 spiro atoms. The van der Waals surface area contributed by atoms with Gasteiger partial charge in [-0.2, -0.15) is 0 Å². The van der Waals surface area contributed by atoms with Crippen molar-refractivity contribution in [3.8, 4) is 0 Å². The molecule has 2 aliphatic heterocycles. The molecule has 0 N–H and O–H groups in total. The van der Waals surface area contributed by atoms with Crippen LogP contribution in [-0.2, 0) is 9.47 Å². The zero-order valence-electron chi connectivity index (χ0n) is 13.4. The summed E-state index contributed by atoms with van der Waals surface area (Å²) >= 11 is 0. The van der Waals surface area contributed by atoms with Gasteiger partial charge in [-0.25, -0.2) is 0 Å². The molecule has 0 amide bonds. The second-order valence-corrected chi connectivity index (χ2v) is 6.24. The van der Waals surface area contributed by atoms with E-state index in [1.165, 1.54) is 39.3 Å². The van der Waals surface area contributed by atoms with Crippen molar-refractivity contribution >= 4 is 0 Å². The van der Waals surface area contributed by atoms with Gasteiger partial charge in [0.25, 0.3) is 0 Å². The minimum absolute atomic E-state index is 0.363. The van der Waals surface area contributed by atoms with E-state index in [4.69, 9.17) is 9.47 Å². The average Bonchev–Trinajstić information content (AvgIpc) is 2.39. The fourth-order valence-corrected chi connectivity index (χ4v) is 2.92. The molecule has 0 bridgehead atoms. The standard InChI is InChI=1S/C15H31N3O2/c1-14(2)20-15-12-18(13-15)9-8-16-4-6-17(7-5-16)10-11-19-3/h14-15H,4-13H2,1-3H3. The molecule has 2 heterocycles. The number of hydrogen-bond acceptors (Lipinski definition) is 5. The predicted molar refractivity (Wildman–Crippen MR) is 81.2 cm³/mol. The Hall–Kier alpha value is -0.200. The third-order valence-corrected chi connectivity index (χ3v) is 4.20. The van der Waals surface area contributed by atoms with Crippen molar-refractivity contribution in [1.82, 2.24) is 14.7 Å². The SMILES string of the molecule is COCCN1CCN(CCN2CC(OC(C)C)C2)CC1. The lowest BCUT2D eigenvalue weighted by Gasteiger charge is -2.41. The predicted octanol–water partition coefficient (Wildman–Crippen LogP) is 0.360. The van der Waals surface area contributed by atoms with E-state index in [9.17, 15) is 0 Å². The highest BCUT2D eigenvalue weighted by Gasteiger charge is 2.28. The Balaban J connectivity index is 1.50. The minimum atomic E-state index is 0.363. The molecule has 0 atom stereocenters. The van der Waals surface area contributed by atoms with Gasteiger partial charge in [-0.1, -0.05) is 0 Å². The summed E-state index contributed by atoms with van der Waals surface area (Å²) in [4.78, 5) is 7.58.